The van der Waals surface area contributed by atoms with Crippen LogP contribution in [0, 0.1) is 5.92 Å². The van der Waals surface area contributed by atoms with Gasteiger partial charge in [0.15, 0.2) is 0 Å². The van der Waals surface area contributed by atoms with Gasteiger partial charge in [-0.3, -0.25) is 5.10 Å². The average Bonchev–Trinajstić information content (AvgIpc) is 2.80. The van der Waals surface area contributed by atoms with Crippen molar-refractivity contribution in [1.29, 1.82) is 0 Å². The maximum absolute atomic E-state index is 13.4. The van der Waals surface area contributed by atoms with E-state index in [9.17, 15) is 8.78 Å². The Labute approximate surface area is 106 Å². The molecule has 1 fully saturated rings. The summed E-state index contributed by atoms with van der Waals surface area (Å²) in [5.74, 6) is -1.69. The normalized spacial score (nSPS) is 24.9. The second-order valence-corrected chi connectivity index (χ2v) is 5.04. The van der Waals surface area contributed by atoms with Crippen molar-refractivity contribution in [2.45, 2.75) is 51.0 Å². The Morgan fingerprint density at radius 3 is 3.06 bits per heavy atom. The zero-order chi connectivity index (χ0) is 13.0. The molecular weight excluding hydrogens is 238 g/mol. The average molecular weight is 258 g/mol. The number of halogens is 2. The van der Waals surface area contributed by atoms with E-state index in [1.807, 2.05) is 6.92 Å². The second-order valence-electron chi connectivity index (χ2n) is 5.04. The highest BCUT2D eigenvalue weighted by Gasteiger charge is 2.37. The van der Waals surface area contributed by atoms with Crippen molar-refractivity contribution in [3.63, 3.8) is 0 Å². The standard InChI is InChI=1S/C12H20F2N4/c1-2-15-10(11-16-8-17-18-11)6-9-4-3-5-12(13,14)7-9/h8-10,15H,2-7H2,1H3,(H,16,17,18). The molecule has 0 amide bonds. The molecule has 0 radical (unpaired) electrons. The molecule has 1 aromatic rings. The highest BCUT2D eigenvalue weighted by molar-refractivity contribution is 4.93. The molecule has 1 saturated carbocycles. The quantitative estimate of drug-likeness (QED) is 0.853. The number of alkyl halides is 2. The van der Waals surface area contributed by atoms with Gasteiger partial charge in [-0.2, -0.15) is 5.10 Å². The smallest absolute Gasteiger partial charge is 0.248 e. The fraction of sp³-hybridized carbons (Fsp3) is 0.833. The highest BCUT2D eigenvalue weighted by Crippen LogP contribution is 2.39. The molecule has 0 spiro atoms. The lowest BCUT2D eigenvalue weighted by molar-refractivity contribution is -0.0549. The van der Waals surface area contributed by atoms with Crippen LogP contribution in [0.1, 0.15) is 50.9 Å². The van der Waals surface area contributed by atoms with E-state index in [0.29, 0.717) is 12.8 Å². The van der Waals surface area contributed by atoms with Crippen molar-refractivity contribution in [3.05, 3.63) is 12.2 Å². The Morgan fingerprint density at radius 1 is 1.61 bits per heavy atom. The number of nitrogens with zero attached hydrogens (tertiary/aromatic N) is 2. The third-order valence-electron chi connectivity index (χ3n) is 3.53. The maximum atomic E-state index is 13.4. The number of hydrogen-bond acceptors (Lipinski definition) is 3. The van der Waals surface area contributed by atoms with Gasteiger partial charge in [-0.05, 0) is 31.7 Å². The lowest BCUT2D eigenvalue weighted by atomic mass is 9.82. The monoisotopic (exact) mass is 258 g/mol. The molecule has 2 unspecified atom stereocenters. The van der Waals surface area contributed by atoms with Crippen molar-refractivity contribution >= 4 is 0 Å². The Hall–Kier alpha value is -1.04. The highest BCUT2D eigenvalue weighted by atomic mass is 19.3. The summed E-state index contributed by atoms with van der Waals surface area (Å²) < 4.78 is 26.8. The van der Waals surface area contributed by atoms with E-state index in [1.165, 1.54) is 6.33 Å². The van der Waals surface area contributed by atoms with E-state index in [2.05, 4.69) is 20.5 Å². The molecule has 1 aromatic heterocycles. The number of H-pyrrole nitrogens is 1. The summed E-state index contributed by atoms with van der Waals surface area (Å²) in [6.07, 6.45) is 3.69. The maximum Gasteiger partial charge on any atom is 0.248 e. The third kappa shape index (κ3) is 3.48. The first kappa shape index (κ1) is 13.4. The van der Waals surface area contributed by atoms with Crippen molar-refractivity contribution in [2.75, 3.05) is 6.54 Å². The van der Waals surface area contributed by atoms with E-state index in [1.54, 1.807) is 0 Å². The van der Waals surface area contributed by atoms with Crippen LogP contribution in [0.4, 0.5) is 8.78 Å². The first-order chi connectivity index (χ1) is 8.61. The minimum atomic E-state index is -2.49. The van der Waals surface area contributed by atoms with Gasteiger partial charge in [0.05, 0.1) is 6.04 Å². The first-order valence-corrected chi connectivity index (χ1v) is 6.57. The Kier molecular flexibility index (Phi) is 4.27. The molecule has 2 atom stereocenters. The van der Waals surface area contributed by atoms with Crippen LogP contribution in [0.25, 0.3) is 0 Å². The molecule has 0 saturated heterocycles. The van der Waals surface area contributed by atoms with E-state index < -0.39 is 5.92 Å². The number of aromatic nitrogens is 3. The zero-order valence-corrected chi connectivity index (χ0v) is 10.6. The molecule has 0 aromatic carbocycles. The predicted molar refractivity (Wildman–Crippen MR) is 64.3 cm³/mol. The van der Waals surface area contributed by atoms with Gasteiger partial charge >= 0.3 is 0 Å². The van der Waals surface area contributed by atoms with Gasteiger partial charge in [-0.1, -0.05) is 6.92 Å². The van der Waals surface area contributed by atoms with Crippen LogP contribution >= 0.6 is 0 Å². The SMILES string of the molecule is CCNC(CC1CCCC(F)(F)C1)c1ncn[nH]1. The van der Waals surface area contributed by atoms with Gasteiger partial charge in [0.2, 0.25) is 5.92 Å². The van der Waals surface area contributed by atoms with E-state index in [4.69, 9.17) is 0 Å². The molecule has 4 nitrogen and oxygen atoms in total. The molecule has 0 aliphatic heterocycles. The molecule has 2 N–H and O–H groups in total. The Balaban J connectivity index is 1.96. The lowest BCUT2D eigenvalue weighted by Crippen LogP contribution is -2.30. The molecule has 1 aliphatic carbocycles. The van der Waals surface area contributed by atoms with Crippen LogP contribution < -0.4 is 5.32 Å². The molecule has 102 valence electrons. The summed E-state index contributed by atoms with van der Waals surface area (Å²) in [6, 6.07) is -0.00333. The largest absolute Gasteiger partial charge is 0.308 e. The molecule has 2 rings (SSSR count). The first-order valence-electron chi connectivity index (χ1n) is 6.57. The second kappa shape index (κ2) is 5.73. The van der Waals surface area contributed by atoms with Crippen molar-refractivity contribution < 1.29 is 8.78 Å². The number of aromatic amines is 1. The summed E-state index contributed by atoms with van der Waals surface area (Å²) in [6.45, 7) is 2.79. The van der Waals surface area contributed by atoms with Crippen LogP contribution in [-0.4, -0.2) is 27.6 Å². The Bertz CT molecular complexity index is 353. The van der Waals surface area contributed by atoms with Crippen molar-refractivity contribution in [2.24, 2.45) is 5.92 Å². The fourth-order valence-corrected chi connectivity index (χ4v) is 2.73. The van der Waals surface area contributed by atoms with Crippen molar-refractivity contribution in [1.82, 2.24) is 20.5 Å². The van der Waals surface area contributed by atoms with Gasteiger partial charge in [-0.25, -0.2) is 13.8 Å². The van der Waals surface area contributed by atoms with Gasteiger partial charge in [0, 0.05) is 12.8 Å². The van der Waals surface area contributed by atoms with E-state index in [0.717, 1.165) is 18.8 Å². The fourth-order valence-electron chi connectivity index (χ4n) is 2.73. The minimum Gasteiger partial charge on any atom is -0.308 e. The molecule has 1 aliphatic rings. The number of rotatable bonds is 5. The topological polar surface area (TPSA) is 53.6 Å². The number of hydrogen-bond donors (Lipinski definition) is 2. The molecule has 0 bridgehead atoms. The van der Waals surface area contributed by atoms with Gasteiger partial charge in [0.25, 0.3) is 0 Å². The molecule has 18 heavy (non-hydrogen) atoms. The van der Waals surface area contributed by atoms with Crippen LogP contribution in [0.15, 0.2) is 6.33 Å². The molecule has 1 heterocycles. The summed E-state index contributed by atoms with van der Waals surface area (Å²) >= 11 is 0. The summed E-state index contributed by atoms with van der Waals surface area (Å²) in [7, 11) is 0. The van der Waals surface area contributed by atoms with Gasteiger partial charge < -0.3 is 5.32 Å². The molecular formula is C12H20F2N4. The zero-order valence-electron chi connectivity index (χ0n) is 10.6. The van der Waals surface area contributed by atoms with Crippen LogP contribution in [0.3, 0.4) is 0 Å². The third-order valence-corrected chi connectivity index (χ3v) is 3.53. The van der Waals surface area contributed by atoms with Crippen molar-refractivity contribution in [3.8, 4) is 0 Å². The Morgan fingerprint density at radius 2 is 2.44 bits per heavy atom. The van der Waals surface area contributed by atoms with Crippen LogP contribution in [0.5, 0.6) is 0 Å². The summed E-state index contributed by atoms with van der Waals surface area (Å²) in [4.78, 5) is 4.12. The lowest BCUT2D eigenvalue weighted by Gasteiger charge is -2.31. The van der Waals surface area contributed by atoms with Crippen LogP contribution in [-0.2, 0) is 0 Å². The number of nitrogens with one attached hydrogen (secondary N) is 2. The van der Waals surface area contributed by atoms with Gasteiger partial charge in [0.1, 0.15) is 12.2 Å². The molecule has 6 heteroatoms. The summed E-state index contributed by atoms with van der Waals surface area (Å²) in [5, 5.41) is 9.93. The van der Waals surface area contributed by atoms with E-state index >= 15 is 0 Å². The van der Waals surface area contributed by atoms with E-state index in [-0.39, 0.29) is 24.8 Å². The summed E-state index contributed by atoms with van der Waals surface area (Å²) in [5.41, 5.74) is 0. The van der Waals surface area contributed by atoms with Crippen LogP contribution in [0.2, 0.25) is 0 Å². The minimum absolute atomic E-state index is 0.00301. The van der Waals surface area contributed by atoms with Gasteiger partial charge in [-0.15, -0.1) is 0 Å². The predicted octanol–water partition coefficient (Wildman–Crippen LogP) is 2.67.